The Balaban J connectivity index is 1.34. The molecule has 1 fully saturated rings. The molecule has 1 aromatic heterocycles. The summed E-state index contributed by atoms with van der Waals surface area (Å²) >= 11 is 0. The number of hydrogen-bond acceptors (Lipinski definition) is 4. The number of carbonyl (C=O) groups is 2. The van der Waals surface area contributed by atoms with E-state index in [9.17, 15) is 9.59 Å². The van der Waals surface area contributed by atoms with Gasteiger partial charge >= 0.3 is 0 Å². The molecule has 3 heterocycles. The summed E-state index contributed by atoms with van der Waals surface area (Å²) in [6, 6.07) is 18.0. The molecule has 0 radical (unpaired) electrons. The SMILES string of the molecule is CN(C)C(=O)c1cc([C@H]2CCN(CC(=O)N3CCCc4ccccc43)C2)nc2ccccc12. The van der Waals surface area contributed by atoms with Crippen molar-refractivity contribution in [1.29, 1.82) is 0 Å². The first-order chi connectivity index (χ1) is 16.0. The second kappa shape index (κ2) is 8.94. The van der Waals surface area contributed by atoms with E-state index in [-0.39, 0.29) is 17.7 Å². The zero-order chi connectivity index (χ0) is 22.9. The Labute approximate surface area is 194 Å². The van der Waals surface area contributed by atoms with Crippen LogP contribution in [-0.4, -0.2) is 66.9 Å². The van der Waals surface area contributed by atoms with E-state index in [1.165, 1.54) is 5.56 Å². The van der Waals surface area contributed by atoms with Crippen LogP contribution in [0.1, 0.15) is 40.4 Å². The largest absolute Gasteiger partial charge is 0.345 e. The van der Waals surface area contributed by atoms with Gasteiger partial charge < -0.3 is 9.80 Å². The van der Waals surface area contributed by atoms with Gasteiger partial charge in [0.15, 0.2) is 0 Å². The van der Waals surface area contributed by atoms with E-state index in [0.717, 1.165) is 61.2 Å². The van der Waals surface area contributed by atoms with Gasteiger partial charge in [0.2, 0.25) is 5.91 Å². The molecule has 6 nitrogen and oxygen atoms in total. The van der Waals surface area contributed by atoms with Gasteiger partial charge in [0.05, 0.1) is 17.6 Å². The number of carbonyl (C=O) groups excluding carboxylic acids is 2. The smallest absolute Gasteiger partial charge is 0.254 e. The second-order valence-electron chi connectivity index (χ2n) is 9.31. The fourth-order valence-electron chi connectivity index (χ4n) is 5.11. The molecule has 5 rings (SSSR count). The molecule has 0 saturated carbocycles. The van der Waals surface area contributed by atoms with Gasteiger partial charge in [-0.25, -0.2) is 0 Å². The minimum atomic E-state index is -0.0105. The number of amides is 2. The molecule has 33 heavy (non-hydrogen) atoms. The zero-order valence-corrected chi connectivity index (χ0v) is 19.3. The summed E-state index contributed by atoms with van der Waals surface area (Å²) in [4.78, 5) is 36.7. The van der Waals surface area contributed by atoms with Crippen LogP contribution in [0, 0.1) is 0 Å². The van der Waals surface area contributed by atoms with Crippen LogP contribution in [0.5, 0.6) is 0 Å². The van der Waals surface area contributed by atoms with Crippen molar-refractivity contribution in [1.82, 2.24) is 14.8 Å². The molecule has 0 unspecified atom stereocenters. The molecule has 1 atom stereocenters. The third-order valence-electron chi connectivity index (χ3n) is 6.83. The first-order valence-corrected chi connectivity index (χ1v) is 11.7. The molecule has 0 N–H and O–H groups in total. The van der Waals surface area contributed by atoms with E-state index in [1.807, 2.05) is 47.4 Å². The highest BCUT2D eigenvalue weighted by Crippen LogP contribution is 2.31. The van der Waals surface area contributed by atoms with E-state index in [4.69, 9.17) is 4.98 Å². The van der Waals surface area contributed by atoms with E-state index >= 15 is 0 Å². The third kappa shape index (κ3) is 4.23. The molecule has 1 saturated heterocycles. The number of para-hydroxylation sites is 2. The lowest BCUT2D eigenvalue weighted by Gasteiger charge is -2.31. The number of anilines is 1. The number of benzene rings is 2. The van der Waals surface area contributed by atoms with Crippen molar-refractivity contribution in [2.45, 2.75) is 25.2 Å². The maximum Gasteiger partial charge on any atom is 0.254 e. The van der Waals surface area contributed by atoms with Crippen molar-refractivity contribution in [3.63, 3.8) is 0 Å². The average Bonchev–Trinajstić information content (AvgIpc) is 3.30. The van der Waals surface area contributed by atoms with Gasteiger partial charge in [-0.05, 0) is 49.6 Å². The molecule has 6 heteroatoms. The fraction of sp³-hybridized carbons (Fsp3) is 0.370. The number of hydrogen-bond donors (Lipinski definition) is 0. The Kier molecular flexibility index (Phi) is 5.85. The highest BCUT2D eigenvalue weighted by molar-refractivity contribution is 6.06. The predicted molar refractivity (Wildman–Crippen MR) is 131 cm³/mol. The maximum absolute atomic E-state index is 13.2. The van der Waals surface area contributed by atoms with Crippen LogP contribution in [0.25, 0.3) is 10.9 Å². The standard InChI is InChI=1S/C27H30N4O2/c1-29(2)27(33)22-16-24(28-23-11-5-4-10-21(22)23)20-13-15-30(17-20)18-26(32)31-14-7-9-19-8-3-6-12-25(19)31/h3-6,8,10-12,16,20H,7,9,13-15,17-18H2,1-2H3/t20-/m0/s1. The lowest BCUT2D eigenvalue weighted by molar-refractivity contribution is -0.119. The van der Waals surface area contributed by atoms with Crippen LogP contribution in [-0.2, 0) is 11.2 Å². The molecule has 170 valence electrons. The van der Waals surface area contributed by atoms with Crippen molar-refractivity contribution in [3.05, 3.63) is 71.4 Å². The molecule has 0 aliphatic carbocycles. The summed E-state index contributed by atoms with van der Waals surface area (Å²) < 4.78 is 0. The van der Waals surface area contributed by atoms with Gasteiger partial charge in [-0.3, -0.25) is 19.5 Å². The highest BCUT2D eigenvalue weighted by atomic mass is 16.2. The molecular formula is C27H30N4O2. The van der Waals surface area contributed by atoms with Gasteiger partial charge in [-0.15, -0.1) is 0 Å². The lowest BCUT2D eigenvalue weighted by atomic mass is 9.99. The Morgan fingerprint density at radius 3 is 2.70 bits per heavy atom. The van der Waals surface area contributed by atoms with Crippen LogP contribution in [0.15, 0.2) is 54.6 Å². The Morgan fingerprint density at radius 2 is 1.85 bits per heavy atom. The van der Waals surface area contributed by atoms with Crippen molar-refractivity contribution < 1.29 is 9.59 Å². The van der Waals surface area contributed by atoms with Crippen LogP contribution in [0.3, 0.4) is 0 Å². The van der Waals surface area contributed by atoms with E-state index in [1.54, 1.807) is 19.0 Å². The molecule has 2 aliphatic rings. The van der Waals surface area contributed by atoms with Crippen LogP contribution < -0.4 is 4.90 Å². The summed E-state index contributed by atoms with van der Waals surface area (Å²) in [5, 5.41) is 0.883. The molecule has 0 bridgehead atoms. The number of nitrogens with zero attached hydrogens (tertiary/aromatic N) is 4. The lowest BCUT2D eigenvalue weighted by Crippen LogP contribution is -2.42. The van der Waals surface area contributed by atoms with Crippen LogP contribution in [0.4, 0.5) is 5.69 Å². The summed E-state index contributed by atoms with van der Waals surface area (Å²) in [5.41, 5.74) is 4.80. The van der Waals surface area contributed by atoms with Gasteiger partial charge in [0.25, 0.3) is 5.91 Å². The molecule has 2 amide bonds. The number of aryl methyl sites for hydroxylation is 1. The average molecular weight is 443 g/mol. The van der Waals surface area contributed by atoms with E-state index in [0.29, 0.717) is 12.1 Å². The van der Waals surface area contributed by atoms with Crippen molar-refractivity contribution in [3.8, 4) is 0 Å². The summed E-state index contributed by atoms with van der Waals surface area (Å²) in [7, 11) is 3.55. The third-order valence-corrected chi connectivity index (χ3v) is 6.83. The Hall–Kier alpha value is -3.25. The van der Waals surface area contributed by atoms with Gasteiger partial charge in [-0.2, -0.15) is 0 Å². The molecule has 2 aromatic carbocycles. The quantitative estimate of drug-likeness (QED) is 0.618. The fourth-order valence-corrected chi connectivity index (χ4v) is 5.11. The van der Waals surface area contributed by atoms with Crippen molar-refractivity contribution in [2.75, 3.05) is 45.2 Å². The summed E-state index contributed by atoms with van der Waals surface area (Å²) in [6.45, 7) is 2.84. The molecule has 0 spiro atoms. The highest BCUT2D eigenvalue weighted by Gasteiger charge is 2.30. The summed E-state index contributed by atoms with van der Waals surface area (Å²) in [5.74, 6) is 0.367. The Bertz CT molecular complexity index is 1210. The number of likely N-dealkylation sites (tertiary alicyclic amines) is 1. The minimum absolute atomic E-state index is 0.0105. The monoisotopic (exact) mass is 442 g/mol. The predicted octanol–water partition coefficient (Wildman–Crippen LogP) is 3.71. The van der Waals surface area contributed by atoms with Crippen molar-refractivity contribution in [2.24, 2.45) is 0 Å². The second-order valence-corrected chi connectivity index (χ2v) is 9.31. The number of fused-ring (bicyclic) bond motifs is 2. The number of rotatable bonds is 4. The molecular weight excluding hydrogens is 412 g/mol. The van der Waals surface area contributed by atoms with E-state index in [2.05, 4.69) is 17.0 Å². The number of pyridine rings is 1. The van der Waals surface area contributed by atoms with Crippen LogP contribution in [0.2, 0.25) is 0 Å². The van der Waals surface area contributed by atoms with Gasteiger partial charge in [-0.1, -0.05) is 36.4 Å². The van der Waals surface area contributed by atoms with Gasteiger partial charge in [0.1, 0.15) is 0 Å². The zero-order valence-electron chi connectivity index (χ0n) is 19.3. The van der Waals surface area contributed by atoms with Gasteiger partial charge in [0, 0.05) is 49.9 Å². The molecule has 2 aliphatic heterocycles. The minimum Gasteiger partial charge on any atom is -0.345 e. The molecule has 3 aromatic rings. The number of aromatic nitrogens is 1. The topological polar surface area (TPSA) is 56.8 Å². The maximum atomic E-state index is 13.2. The first kappa shape index (κ1) is 21.6. The Morgan fingerprint density at radius 1 is 1.06 bits per heavy atom. The van der Waals surface area contributed by atoms with Crippen LogP contribution >= 0.6 is 0 Å². The first-order valence-electron chi connectivity index (χ1n) is 11.7. The normalized spacial score (nSPS) is 18.4. The van der Waals surface area contributed by atoms with Crippen molar-refractivity contribution >= 4 is 28.4 Å². The summed E-state index contributed by atoms with van der Waals surface area (Å²) in [6.07, 6.45) is 2.98. The van der Waals surface area contributed by atoms with E-state index < -0.39 is 0 Å².